The second-order valence-electron chi connectivity index (χ2n) is 10.7. The highest BCUT2D eigenvalue weighted by atomic mass is 28.4. The number of hydrogen-bond acceptors (Lipinski definition) is 6. The number of carbonyl (C=O) groups excluding carboxylic acids is 1. The highest BCUT2D eigenvalue weighted by Crippen LogP contribution is 2.41. The number of ether oxygens (including phenoxy) is 3. The van der Waals surface area contributed by atoms with Crippen LogP contribution in [0.25, 0.3) is 0 Å². The Kier molecular flexibility index (Phi) is 7.90. The molecule has 3 aromatic carbocycles. The summed E-state index contributed by atoms with van der Waals surface area (Å²) in [6, 6.07) is 27.8. The standard InChI is InChI=1S/C30H36O6Si/c1-29(2,3)37(24-12-8-6-9-13-24,25-14-10-7-11-15-25)36-27-26(35-28(31)30(27,4)32)21-34-20-22-16-18-23(33-5)19-17-22/h6-19,26-27,32H,20-21H2,1-5H3/t26-,27-,30+/m1/s1. The molecule has 37 heavy (non-hydrogen) atoms. The Labute approximate surface area is 220 Å². The summed E-state index contributed by atoms with van der Waals surface area (Å²) in [6.07, 6.45) is -1.68. The van der Waals surface area contributed by atoms with E-state index in [4.69, 9.17) is 18.6 Å². The van der Waals surface area contributed by atoms with Gasteiger partial charge in [-0.05, 0) is 40.0 Å². The van der Waals surface area contributed by atoms with E-state index in [2.05, 4.69) is 45.0 Å². The van der Waals surface area contributed by atoms with Gasteiger partial charge in [-0.25, -0.2) is 4.79 Å². The summed E-state index contributed by atoms with van der Waals surface area (Å²) in [5.74, 6) is 0.0665. The van der Waals surface area contributed by atoms with Gasteiger partial charge in [-0.2, -0.15) is 0 Å². The van der Waals surface area contributed by atoms with Crippen LogP contribution in [0, 0.1) is 0 Å². The summed E-state index contributed by atoms with van der Waals surface area (Å²) in [5.41, 5.74) is -0.859. The van der Waals surface area contributed by atoms with Crippen molar-refractivity contribution < 1.29 is 28.5 Å². The summed E-state index contributed by atoms with van der Waals surface area (Å²) in [4.78, 5) is 12.8. The number of cyclic esters (lactones) is 1. The van der Waals surface area contributed by atoms with Crippen molar-refractivity contribution in [1.29, 1.82) is 0 Å². The molecule has 3 aromatic rings. The molecule has 0 aromatic heterocycles. The predicted octanol–water partition coefficient (Wildman–Crippen LogP) is 3.83. The van der Waals surface area contributed by atoms with Crippen molar-refractivity contribution in [2.24, 2.45) is 0 Å². The highest BCUT2D eigenvalue weighted by molar-refractivity contribution is 6.99. The molecule has 7 heteroatoms. The smallest absolute Gasteiger partial charge is 0.341 e. The summed E-state index contributed by atoms with van der Waals surface area (Å²) in [5, 5.41) is 13.1. The molecule has 0 saturated carbocycles. The molecule has 0 spiro atoms. The minimum atomic E-state index is -3.05. The van der Waals surface area contributed by atoms with Gasteiger partial charge >= 0.3 is 5.97 Å². The Bertz CT molecular complexity index is 1130. The van der Waals surface area contributed by atoms with Crippen LogP contribution in [0.5, 0.6) is 5.75 Å². The minimum absolute atomic E-state index is 0.0940. The van der Waals surface area contributed by atoms with E-state index in [1.165, 1.54) is 6.92 Å². The van der Waals surface area contributed by atoms with Crippen LogP contribution in [0.1, 0.15) is 33.3 Å². The minimum Gasteiger partial charge on any atom is -0.497 e. The van der Waals surface area contributed by atoms with Crippen molar-refractivity contribution in [3.63, 3.8) is 0 Å². The van der Waals surface area contributed by atoms with E-state index in [0.29, 0.717) is 6.61 Å². The molecule has 3 atom stereocenters. The third kappa shape index (κ3) is 5.36. The fourth-order valence-electron chi connectivity index (χ4n) is 5.01. The Morgan fingerprint density at radius 3 is 1.95 bits per heavy atom. The van der Waals surface area contributed by atoms with Gasteiger partial charge < -0.3 is 23.7 Å². The lowest BCUT2D eigenvalue weighted by molar-refractivity contribution is -0.155. The first kappa shape index (κ1) is 27.1. The number of hydrogen-bond donors (Lipinski definition) is 1. The second kappa shape index (κ2) is 10.8. The normalized spacial score (nSPS) is 22.1. The fraction of sp³-hybridized carbons (Fsp3) is 0.367. The maximum Gasteiger partial charge on any atom is 0.341 e. The van der Waals surface area contributed by atoms with E-state index < -0.39 is 32.1 Å². The van der Waals surface area contributed by atoms with Crippen molar-refractivity contribution >= 4 is 24.7 Å². The van der Waals surface area contributed by atoms with Crippen LogP contribution >= 0.6 is 0 Å². The Morgan fingerprint density at radius 2 is 1.46 bits per heavy atom. The summed E-state index contributed by atoms with van der Waals surface area (Å²) in [6.45, 7) is 8.35. The SMILES string of the molecule is COc1ccc(COC[C@H]2OC(=O)[C@@](C)(O)[C@@H]2O[Si](c2ccccc2)(c2ccccc2)C(C)(C)C)cc1. The molecular formula is C30H36O6Si. The Morgan fingerprint density at radius 1 is 0.919 bits per heavy atom. The Hall–Kier alpha value is -2.97. The van der Waals surface area contributed by atoms with E-state index in [0.717, 1.165) is 21.7 Å². The van der Waals surface area contributed by atoms with Gasteiger partial charge in [0.1, 0.15) is 11.9 Å². The first-order chi connectivity index (χ1) is 17.6. The zero-order chi connectivity index (χ0) is 26.7. The highest BCUT2D eigenvalue weighted by Gasteiger charge is 2.60. The van der Waals surface area contributed by atoms with Crippen molar-refractivity contribution in [1.82, 2.24) is 0 Å². The zero-order valence-electron chi connectivity index (χ0n) is 22.1. The molecule has 0 bridgehead atoms. The van der Waals surface area contributed by atoms with Crippen molar-refractivity contribution in [2.75, 3.05) is 13.7 Å². The van der Waals surface area contributed by atoms with E-state index >= 15 is 0 Å². The fourth-order valence-corrected chi connectivity index (χ4v) is 9.78. The number of carbonyl (C=O) groups is 1. The molecule has 6 nitrogen and oxygen atoms in total. The van der Waals surface area contributed by atoms with Crippen molar-refractivity contribution in [2.45, 2.75) is 57.1 Å². The van der Waals surface area contributed by atoms with Crippen LogP contribution in [0.15, 0.2) is 84.9 Å². The molecule has 1 fully saturated rings. The van der Waals surface area contributed by atoms with E-state index in [9.17, 15) is 9.90 Å². The maximum atomic E-state index is 12.8. The van der Waals surface area contributed by atoms with Crippen LogP contribution in [0.2, 0.25) is 5.04 Å². The van der Waals surface area contributed by atoms with Gasteiger partial charge in [-0.3, -0.25) is 0 Å². The second-order valence-corrected chi connectivity index (χ2v) is 14.9. The number of aliphatic hydroxyl groups is 1. The van der Waals surface area contributed by atoms with Gasteiger partial charge in [0.2, 0.25) is 0 Å². The van der Waals surface area contributed by atoms with Gasteiger partial charge in [-0.1, -0.05) is 93.6 Å². The zero-order valence-corrected chi connectivity index (χ0v) is 23.1. The summed E-state index contributed by atoms with van der Waals surface area (Å²) < 4.78 is 23.9. The van der Waals surface area contributed by atoms with Crippen LogP contribution in [0.4, 0.5) is 0 Å². The van der Waals surface area contributed by atoms with Crippen molar-refractivity contribution in [3.8, 4) is 5.75 Å². The molecule has 1 aliphatic heterocycles. The van der Waals surface area contributed by atoms with Gasteiger partial charge in [0.25, 0.3) is 8.32 Å². The van der Waals surface area contributed by atoms with E-state index in [-0.39, 0.29) is 11.6 Å². The Balaban J connectivity index is 1.67. The first-order valence-corrected chi connectivity index (χ1v) is 14.4. The molecule has 1 aliphatic rings. The quantitative estimate of drug-likeness (QED) is 0.342. The predicted molar refractivity (Wildman–Crippen MR) is 146 cm³/mol. The van der Waals surface area contributed by atoms with Gasteiger partial charge in [0, 0.05) is 0 Å². The first-order valence-electron chi connectivity index (χ1n) is 12.5. The molecule has 0 amide bonds. The number of methoxy groups -OCH3 is 1. The van der Waals surface area contributed by atoms with Crippen LogP contribution in [-0.4, -0.2) is 50.9 Å². The lowest BCUT2D eigenvalue weighted by Crippen LogP contribution is -2.70. The molecule has 0 unspecified atom stereocenters. The molecular weight excluding hydrogens is 484 g/mol. The molecule has 1 N–H and O–H groups in total. The van der Waals surface area contributed by atoms with E-state index in [1.54, 1.807) is 7.11 Å². The average Bonchev–Trinajstić information content (AvgIpc) is 3.10. The van der Waals surface area contributed by atoms with E-state index in [1.807, 2.05) is 60.7 Å². The molecule has 0 radical (unpaired) electrons. The van der Waals surface area contributed by atoms with Crippen LogP contribution < -0.4 is 15.1 Å². The molecule has 4 rings (SSSR count). The number of benzene rings is 3. The molecule has 1 saturated heterocycles. The molecule has 0 aliphatic carbocycles. The van der Waals surface area contributed by atoms with Gasteiger partial charge in [0.15, 0.2) is 11.7 Å². The average molecular weight is 521 g/mol. The van der Waals surface area contributed by atoms with Crippen LogP contribution in [0.3, 0.4) is 0 Å². The van der Waals surface area contributed by atoms with Crippen LogP contribution in [-0.2, 0) is 25.3 Å². The topological polar surface area (TPSA) is 74.2 Å². The third-order valence-corrected chi connectivity index (χ3v) is 12.0. The van der Waals surface area contributed by atoms with Crippen molar-refractivity contribution in [3.05, 3.63) is 90.5 Å². The maximum absolute atomic E-state index is 12.8. The third-order valence-electron chi connectivity index (χ3n) is 6.99. The lowest BCUT2D eigenvalue weighted by atomic mass is 9.99. The summed E-state index contributed by atoms with van der Waals surface area (Å²) >= 11 is 0. The number of esters is 1. The van der Waals surface area contributed by atoms with Gasteiger partial charge in [0.05, 0.1) is 20.3 Å². The lowest BCUT2D eigenvalue weighted by Gasteiger charge is -2.46. The molecule has 196 valence electrons. The number of rotatable bonds is 9. The largest absolute Gasteiger partial charge is 0.497 e. The molecule has 1 heterocycles. The van der Waals surface area contributed by atoms with Gasteiger partial charge in [-0.15, -0.1) is 0 Å². The monoisotopic (exact) mass is 520 g/mol. The summed E-state index contributed by atoms with van der Waals surface area (Å²) in [7, 11) is -1.43.